The number of carbonyl (C=O) groups is 1. The van der Waals surface area contributed by atoms with E-state index in [9.17, 15) is 18.4 Å². The van der Waals surface area contributed by atoms with Crippen molar-refractivity contribution in [3.8, 4) is 17.2 Å². The van der Waals surface area contributed by atoms with Gasteiger partial charge in [0.05, 0.1) is 14.2 Å². The van der Waals surface area contributed by atoms with Crippen LogP contribution in [0.1, 0.15) is 15.9 Å². The zero-order chi connectivity index (χ0) is 21.0. The van der Waals surface area contributed by atoms with Crippen molar-refractivity contribution in [2.45, 2.75) is 13.2 Å². The molecule has 0 saturated heterocycles. The minimum absolute atomic E-state index is 0.0275. The van der Waals surface area contributed by atoms with E-state index in [2.05, 4.69) is 10.1 Å². The molecule has 0 aliphatic heterocycles. The molecule has 1 aromatic heterocycles. The van der Waals surface area contributed by atoms with E-state index in [0.717, 1.165) is 0 Å². The van der Waals surface area contributed by atoms with E-state index in [4.69, 9.17) is 13.9 Å². The van der Waals surface area contributed by atoms with E-state index < -0.39 is 18.1 Å². The number of rotatable bonds is 7. The van der Waals surface area contributed by atoms with E-state index in [0.29, 0.717) is 16.7 Å². The van der Waals surface area contributed by atoms with Gasteiger partial charge in [0.1, 0.15) is 5.56 Å². The maximum absolute atomic E-state index is 12.4. The zero-order valence-corrected chi connectivity index (χ0v) is 15.5. The van der Waals surface area contributed by atoms with E-state index in [1.165, 1.54) is 38.5 Å². The Morgan fingerprint density at radius 1 is 1.07 bits per heavy atom. The number of benzene rings is 2. The van der Waals surface area contributed by atoms with Crippen molar-refractivity contribution >= 4 is 16.9 Å². The molecule has 3 aromatic rings. The minimum Gasteiger partial charge on any atom is -0.493 e. The lowest BCUT2D eigenvalue weighted by Gasteiger charge is -2.12. The second-order valence-corrected chi connectivity index (χ2v) is 5.87. The average molecular weight is 405 g/mol. The molecule has 0 atom stereocenters. The molecule has 1 heterocycles. The lowest BCUT2D eigenvalue weighted by Crippen LogP contribution is -2.27. The van der Waals surface area contributed by atoms with Gasteiger partial charge in [0.2, 0.25) is 0 Å². The van der Waals surface area contributed by atoms with Crippen LogP contribution in [0.2, 0.25) is 0 Å². The van der Waals surface area contributed by atoms with Crippen LogP contribution in [-0.2, 0) is 6.54 Å². The second-order valence-electron chi connectivity index (χ2n) is 5.87. The molecule has 0 aliphatic carbocycles. The molecule has 1 N–H and O–H groups in total. The average Bonchev–Trinajstić information content (AvgIpc) is 2.71. The van der Waals surface area contributed by atoms with Crippen LogP contribution in [0.5, 0.6) is 17.2 Å². The van der Waals surface area contributed by atoms with Crippen molar-refractivity contribution in [1.29, 1.82) is 0 Å². The van der Waals surface area contributed by atoms with E-state index in [1.54, 1.807) is 18.2 Å². The van der Waals surface area contributed by atoms with E-state index in [-0.39, 0.29) is 29.2 Å². The number of para-hydroxylation sites is 1. The third kappa shape index (κ3) is 4.45. The Kier molecular flexibility index (Phi) is 5.96. The highest BCUT2D eigenvalue weighted by Gasteiger charge is 2.16. The first-order valence-corrected chi connectivity index (χ1v) is 8.43. The summed E-state index contributed by atoms with van der Waals surface area (Å²) in [6, 6.07) is 10.7. The molecule has 7 nitrogen and oxygen atoms in total. The van der Waals surface area contributed by atoms with Gasteiger partial charge in [-0.05, 0) is 29.8 Å². The summed E-state index contributed by atoms with van der Waals surface area (Å²) in [5.41, 5.74) is -0.173. The van der Waals surface area contributed by atoms with Crippen LogP contribution in [0.3, 0.4) is 0 Å². The Balaban J connectivity index is 1.79. The van der Waals surface area contributed by atoms with Gasteiger partial charge in [-0.3, -0.25) is 4.79 Å². The zero-order valence-electron chi connectivity index (χ0n) is 15.5. The number of methoxy groups -OCH3 is 2. The van der Waals surface area contributed by atoms with Gasteiger partial charge in [-0.25, -0.2) is 4.79 Å². The molecule has 152 valence electrons. The summed E-state index contributed by atoms with van der Waals surface area (Å²) in [5.74, 6) is -0.295. The number of alkyl halides is 2. The quantitative estimate of drug-likeness (QED) is 0.607. The van der Waals surface area contributed by atoms with Crippen LogP contribution in [0.4, 0.5) is 8.78 Å². The lowest BCUT2D eigenvalue weighted by atomic mass is 10.1. The van der Waals surface area contributed by atoms with Crippen molar-refractivity contribution in [2.24, 2.45) is 0 Å². The molecule has 0 bridgehead atoms. The number of hydrogen-bond acceptors (Lipinski definition) is 6. The first-order chi connectivity index (χ1) is 13.9. The third-order valence-corrected chi connectivity index (χ3v) is 4.09. The third-order valence-electron chi connectivity index (χ3n) is 4.09. The summed E-state index contributed by atoms with van der Waals surface area (Å²) in [4.78, 5) is 24.7. The molecule has 0 unspecified atom stereocenters. The van der Waals surface area contributed by atoms with E-state index in [1.807, 2.05) is 0 Å². The Morgan fingerprint density at radius 3 is 2.52 bits per heavy atom. The number of nitrogens with one attached hydrogen (secondary N) is 1. The van der Waals surface area contributed by atoms with Crippen molar-refractivity contribution in [1.82, 2.24) is 5.32 Å². The highest BCUT2D eigenvalue weighted by molar-refractivity contribution is 5.97. The number of amides is 1. The molecule has 9 heteroatoms. The van der Waals surface area contributed by atoms with Gasteiger partial charge in [0, 0.05) is 11.9 Å². The number of halogens is 2. The molecule has 0 radical (unpaired) electrons. The highest BCUT2D eigenvalue weighted by Crippen LogP contribution is 2.29. The topological polar surface area (TPSA) is 87.0 Å². The molecule has 29 heavy (non-hydrogen) atoms. The molecular formula is C20H17F2NO6. The fourth-order valence-electron chi connectivity index (χ4n) is 2.73. The Bertz CT molecular complexity index is 1100. The van der Waals surface area contributed by atoms with Crippen molar-refractivity contribution in [3.63, 3.8) is 0 Å². The summed E-state index contributed by atoms with van der Waals surface area (Å²) in [5, 5.41) is 3.12. The normalized spacial score (nSPS) is 10.8. The van der Waals surface area contributed by atoms with Gasteiger partial charge < -0.3 is 23.9 Å². The second kappa shape index (κ2) is 8.59. The summed E-state index contributed by atoms with van der Waals surface area (Å²) in [7, 11) is 2.76. The van der Waals surface area contributed by atoms with Crippen LogP contribution >= 0.6 is 0 Å². The largest absolute Gasteiger partial charge is 0.493 e. The van der Waals surface area contributed by atoms with Crippen LogP contribution < -0.4 is 25.2 Å². The molecule has 0 fully saturated rings. The van der Waals surface area contributed by atoms with Gasteiger partial charge in [0.15, 0.2) is 22.8 Å². The van der Waals surface area contributed by atoms with Crippen LogP contribution in [-0.4, -0.2) is 26.7 Å². The molecule has 2 aromatic carbocycles. The molecular weight excluding hydrogens is 388 g/mol. The monoisotopic (exact) mass is 405 g/mol. The molecule has 0 aliphatic rings. The molecule has 1 amide bonds. The van der Waals surface area contributed by atoms with Gasteiger partial charge >= 0.3 is 12.2 Å². The predicted octanol–water partition coefficient (Wildman–Crippen LogP) is 3.34. The fourth-order valence-corrected chi connectivity index (χ4v) is 2.73. The van der Waals surface area contributed by atoms with E-state index >= 15 is 0 Å². The Morgan fingerprint density at radius 2 is 1.83 bits per heavy atom. The van der Waals surface area contributed by atoms with Crippen LogP contribution in [0, 0.1) is 0 Å². The summed E-state index contributed by atoms with van der Waals surface area (Å²) in [6.07, 6.45) is 0. The summed E-state index contributed by atoms with van der Waals surface area (Å²) < 4.78 is 44.5. The maximum Gasteiger partial charge on any atom is 0.387 e. The van der Waals surface area contributed by atoms with Crippen molar-refractivity contribution in [3.05, 3.63) is 64.0 Å². The predicted molar refractivity (Wildman–Crippen MR) is 99.8 cm³/mol. The van der Waals surface area contributed by atoms with Gasteiger partial charge in [-0.2, -0.15) is 8.78 Å². The maximum atomic E-state index is 12.4. The highest BCUT2D eigenvalue weighted by atomic mass is 19.3. The standard InChI is InChI=1S/C20H17F2NO6/c1-26-15-5-3-4-12-9-13(19(25)29-17(12)15)18(24)23-10-11-6-7-14(28-20(21)22)16(8-11)27-2/h3-9,20H,10H2,1-2H3,(H,23,24). The Hall–Kier alpha value is -3.62. The summed E-state index contributed by atoms with van der Waals surface area (Å²) >= 11 is 0. The number of ether oxygens (including phenoxy) is 3. The van der Waals surface area contributed by atoms with Gasteiger partial charge in [-0.1, -0.05) is 18.2 Å². The number of fused-ring (bicyclic) bond motifs is 1. The number of hydrogen-bond donors (Lipinski definition) is 1. The smallest absolute Gasteiger partial charge is 0.387 e. The molecule has 3 rings (SSSR count). The van der Waals surface area contributed by atoms with Gasteiger partial charge in [-0.15, -0.1) is 0 Å². The van der Waals surface area contributed by atoms with Crippen LogP contribution in [0.25, 0.3) is 11.0 Å². The van der Waals surface area contributed by atoms with Crippen molar-refractivity contribution in [2.75, 3.05) is 14.2 Å². The molecule has 0 spiro atoms. The summed E-state index contributed by atoms with van der Waals surface area (Å²) in [6.45, 7) is -2.96. The van der Waals surface area contributed by atoms with Crippen molar-refractivity contribution < 1.29 is 32.2 Å². The lowest BCUT2D eigenvalue weighted by molar-refractivity contribution is -0.0512. The Labute approximate surface area is 163 Å². The minimum atomic E-state index is -2.99. The first kappa shape index (κ1) is 20.1. The fraction of sp³-hybridized carbons (Fsp3) is 0.200. The van der Waals surface area contributed by atoms with Crippen LogP contribution in [0.15, 0.2) is 51.7 Å². The number of carbonyl (C=O) groups excluding carboxylic acids is 1. The first-order valence-electron chi connectivity index (χ1n) is 8.43. The SMILES string of the molecule is COc1cc(CNC(=O)c2cc3cccc(OC)c3oc2=O)ccc1OC(F)F. The molecule has 0 saturated carbocycles. The van der Waals surface area contributed by atoms with Gasteiger partial charge in [0.25, 0.3) is 5.91 Å².